The first-order valence-electron chi connectivity index (χ1n) is 16.0. The molecule has 5 atom stereocenters. The van der Waals surface area contributed by atoms with Gasteiger partial charge in [-0.25, -0.2) is 21.6 Å². The van der Waals surface area contributed by atoms with Crippen molar-refractivity contribution in [2.45, 2.75) is 87.9 Å². The Balaban J connectivity index is 1.60. The zero-order valence-corrected chi connectivity index (χ0v) is 29.1. The summed E-state index contributed by atoms with van der Waals surface area (Å²) in [6, 6.07) is 18.4. The van der Waals surface area contributed by atoms with E-state index in [2.05, 4.69) is 15.4 Å². The summed E-state index contributed by atoms with van der Waals surface area (Å²) in [7, 11) is -8.18. The fourth-order valence-corrected chi connectivity index (χ4v) is 8.88. The SMILES string of the molecule is CC(C)(C)NC(=O)C1CCCCC1CC(O)C(Cc1ccccc1)NC(=O)C(CS(=O)(=O)c1cccc2ccccc12)NS(C)(=O)=O. The van der Waals surface area contributed by atoms with Gasteiger partial charge in [-0.1, -0.05) is 79.6 Å². The maximum Gasteiger partial charge on any atom is 0.239 e. The lowest BCUT2D eigenvalue weighted by atomic mass is 9.74. The predicted octanol–water partition coefficient (Wildman–Crippen LogP) is 3.73. The van der Waals surface area contributed by atoms with Crippen molar-refractivity contribution >= 4 is 42.4 Å². The van der Waals surface area contributed by atoms with Gasteiger partial charge >= 0.3 is 0 Å². The number of sulfone groups is 1. The smallest absolute Gasteiger partial charge is 0.239 e. The highest BCUT2D eigenvalue weighted by Crippen LogP contribution is 2.34. The van der Waals surface area contributed by atoms with Gasteiger partial charge in [0.25, 0.3) is 0 Å². The highest BCUT2D eigenvalue weighted by atomic mass is 32.2. The first-order valence-corrected chi connectivity index (χ1v) is 19.6. The van der Waals surface area contributed by atoms with Crippen molar-refractivity contribution in [2.75, 3.05) is 12.0 Å². The van der Waals surface area contributed by atoms with Gasteiger partial charge in [-0.15, -0.1) is 0 Å². The molecule has 1 fully saturated rings. The van der Waals surface area contributed by atoms with Crippen LogP contribution < -0.4 is 15.4 Å². The van der Waals surface area contributed by atoms with E-state index in [1.165, 1.54) is 6.07 Å². The minimum absolute atomic E-state index is 0.0126. The van der Waals surface area contributed by atoms with Gasteiger partial charge in [0, 0.05) is 16.8 Å². The molecule has 256 valence electrons. The van der Waals surface area contributed by atoms with Crippen molar-refractivity contribution < 1.29 is 31.5 Å². The summed E-state index contributed by atoms with van der Waals surface area (Å²) >= 11 is 0. The summed E-state index contributed by atoms with van der Waals surface area (Å²) in [4.78, 5) is 27.0. The van der Waals surface area contributed by atoms with E-state index in [9.17, 15) is 31.5 Å². The van der Waals surface area contributed by atoms with Crippen LogP contribution in [0.5, 0.6) is 0 Å². The van der Waals surface area contributed by atoms with Crippen LogP contribution >= 0.6 is 0 Å². The Morgan fingerprint density at radius 2 is 1.53 bits per heavy atom. The van der Waals surface area contributed by atoms with Crippen molar-refractivity contribution in [1.82, 2.24) is 15.4 Å². The number of nitrogens with one attached hydrogen (secondary N) is 3. The Hall–Kier alpha value is -3.32. The van der Waals surface area contributed by atoms with E-state index >= 15 is 0 Å². The number of aliphatic hydroxyl groups is 1. The maximum atomic E-state index is 13.8. The summed E-state index contributed by atoms with van der Waals surface area (Å²) in [5.41, 5.74) is 0.411. The molecule has 1 aliphatic rings. The van der Waals surface area contributed by atoms with Crippen LogP contribution in [0.3, 0.4) is 0 Å². The first kappa shape index (κ1) is 36.5. The molecule has 0 radical (unpaired) electrons. The summed E-state index contributed by atoms with van der Waals surface area (Å²) in [5.74, 6) is -2.19. The van der Waals surface area contributed by atoms with Gasteiger partial charge in [-0.3, -0.25) is 9.59 Å². The van der Waals surface area contributed by atoms with Gasteiger partial charge in [-0.05, 0) is 69.4 Å². The van der Waals surface area contributed by atoms with E-state index in [-0.39, 0.29) is 35.5 Å². The molecule has 4 rings (SSSR count). The quantitative estimate of drug-likeness (QED) is 0.214. The van der Waals surface area contributed by atoms with Crippen LogP contribution in [-0.4, -0.2) is 69.5 Å². The molecule has 2 amide bonds. The number of rotatable bonds is 13. The van der Waals surface area contributed by atoms with E-state index in [0.29, 0.717) is 17.2 Å². The number of amides is 2. The Bertz CT molecular complexity index is 1750. The molecule has 47 heavy (non-hydrogen) atoms. The molecule has 4 N–H and O–H groups in total. The summed E-state index contributed by atoms with van der Waals surface area (Å²) in [5, 5.41) is 18.6. The lowest BCUT2D eigenvalue weighted by Crippen LogP contribution is -2.55. The molecule has 1 saturated carbocycles. The van der Waals surface area contributed by atoms with Crippen molar-refractivity contribution in [3.63, 3.8) is 0 Å². The summed E-state index contributed by atoms with van der Waals surface area (Å²) < 4.78 is 54.4. The molecule has 5 unspecified atom stereocenters. The molecule has 0 spiro atoms. The van der Waals surface area contributed by atoms with Crippen LogP contribution in [0.2, 0.25) is 0 Å². The van der Waals surface area contributed by atoms with Gasteiger partial charge in [0.2, 0.25) is 21.8 Å². The van der Waals surface area contributed by atoms with Gasteiger partial charge in [-0.2, -0.15) is 0 Å². The van der Waals surface area contributed by atoms with E-state index in [1.807, 2.05) is 51.1 Å². The van der Waals surface area contributed by atoms with Crippen LogP contribution in [0.25, 0.3) is 10.8 Å². The fourth-order valence-electron chi connectivity index (χ4n) is 6.40. The van der Waals surface area contributed by atoms with Crippen LogP contribution in [0.4, 0.5) is 0 Å². The third kappa shape index (κ3) is 10.6. The van der Waals surface area contributed by atoms with Crippen molar-refractivity contribution in [3.8, 4) is 0 Å². The number of hydrogen-bond acceptors (Lipinski definition) is 7. The lowest BCUT2D eigenvalue weighted by molar-refractivity contribution is -0.130. The summed E-state index contributed by atoms with van der Waals surface area (Å²) in [6.07, 6.45) is 3.47. The van der Waals surface area contributed by atoms with Crippen LogP contribution in [0.1, 0.15) is 58.4 Å². The van der Waals surface area contributed by atoms with Gasteiger partial charge in [0.05, 0.1) is 29.0 Å². The van der Waals surface area contributed by atoms with Gasteiger partial charge in [0.15, 0.2) is 9.84 Å². The topological polar surface area (TPSA) is 159 Å². The number of fused-ring (bicyclic) bond motifs is 1. The molecular weight excluding hydrogens is 639 g/mol. The molecule has 3 aromatic rings. The van der Waals surface area contributed by atoms with Gasteiger partial charge < -0.3 is 15.7 Å². The molecule has 12 heteroatoms. The highest BCUT2D eigenvalue weighted by Gasteiger charge is 2.37. The van der Waals surface area contributed by atoms with E-state index in [1.54, 1.807) is 36.4 Å². The molecule has 1 aliphatic carbocycles. The highest BCUT2D eigenvalue weighted by molar-refractivity contribution is 7.92. The predicted molar refractivity (Wildman–Crippen MR) is 184 cm³/mol. The molecule has 0 heterocycles. The largest absolute Gasteiger partial charge is 0.391 e. The van der Waals surface area contributed by atoms with Gasteiger partial charge in [0.1, 0.15) is 6.04 Å². The van der Waals surface area contributed by atoms with Crippen molar-refractivity contribution in [2.24, 2.45) is 11.8 Å². The normalized spacial score (nSPS) is 19.4. The van der Waals surface area contributed by atoms with Crippen LogP contribution in [0, 0.1) is 11.8 Å². The zero-order chi connectivity index (χ0) is 34.4. The van der Waals surface area contributed by atoms with E-state index in [4.69, 9.17) is 0 Å². The van der Waals surface area contributed by atoms with Crippen molar-refractivity contribution in [1.29, 1.82) is 0 Å². The Morgan fingerprint density at radius 3 is 2.21 bits per heavy atom. The third-order valence-corrected chi connectivity index (χ3v) is 11.0. The minimum atomic E-state index is -4.17. The lowest BCUT2D eigenvalue weighted by Gasteiger charge is -2.36. The van der Waals surface area contributed by atoms with E-state index < -0.39 is 55.2 Å². The number of carbonyl (C=O) groups excluding carboxylic acids is 2. The monoisotopic (exact) mass is 685 g/mol. The molecule has 0 aliphatic heterocycles. The third-order valence-electron chi connectivity index (χ3n) is 8.52. The maximum absolute atomic E-state index is 13.8. The average molecular weight is 686 g/mol. The number of hydrogen-bond donors (Lipinski definition) is 4. The Kier molecular flexibility index (Phi) is 11.9. The molecular formula is C35H47N3O7S2. The zero-order valence-electron chi connectivity index (χ0n) is 27.5. The second-order valence-electron chi connectivity index (χ2n) is 13.7. The number of benzene rings is 3. The molecule has 0 bridgehead atoms. The molecule has 0 aromatic heterocycles. The molecule has 3 aromatic carbocycles. The number of carbonyl (C=O) groups is 2. The Labute approximate surface area is 278 Å². The number of sulfonamides is 1. The summed E-state index contributed by atoms with van der Waals surface area (Å²) in [6.45, 7) is 5.76. The fraction of sp³-hybridized carbons (Fsp3) is 0.486. The second kappa shape index (κ2) is 15.3. The number of aliphatic hydroxyl groups excluding tert-OH is 1. The van der Waals surface area contributed by atoms with Crippen LogP contribution in [-0.2, 0) is 35.9 Å². The molecule has 0 saturated heterocycles. The first-order chi connectivity index (χ1) is 22.0. The van der Waals surface area contributed by atoms with Crippen LogP contribution in [0.15, 0.2) is 77.7 Å². The van der Waals surface area contributed by atoms with E-state index in [0.717, 1.165) is 31.1 Å². The molecule has 10 nitrogen and oxygen atoms in total. The Morgan fingerprint density at radius 1 is 0.894 bits per heavy atom. The van der Waals surface area contributed by atoms with Crippen molar-refractivity contribution in [3.05, 3.63) is 78.4 Å². The second-order valence-corrected chi connectivity index (χ2v) is 17.5. The minimum Gasteiger partial charge on any atom is -0.391 e. The average Bonchev–Trinajstić information content (AvgIpc) is 2.99. The standard InChI is InChI=1S/C35H47N3O7S2/c1-35(2,3)37-33(40)28-19-11-9-16-26(28)22-31(39)29(21-24-13-6-5-7-14-24)36-34(41)30(38-46(4,42)43)23-47(44,45)32-20-12-17-25-15-8-10-18-27(25)32/h5-8,10,12-15,17-18,20,26,28-31,38-39H,9,11,16,19,21-23H2,1-4H3,(H,36,41)(H,37,40).